The van der Waals surface area contributed by atoms with E-state index in [0.29, 0.717) is 12.1 Å². The molecule has 100 valence electrons. The van der Waals surface area contributed by atoms with Gasteiger partial charge in [-0.25, -0.2) is 0 Å². The van der Waals surface area contributed by atoms with Crippen molar-refractivity contribution in [1.82, 2.24) is 5.32 Å². The Morgan fingerprint density at radius 2 is 1.85 bits per heavy atom. The summed E-state index contributed by atoms with van der Waals surface area (Å²) in [5.74, 6) is -0.0351. The summed E-state index contributed by atoms with van der Waals surface area (Å²) in [6.07, 6.45) is 0. The fourth-order valence-electron chi connectivity index (χ4n) is 2.49. The van der Waals surface area contributed by atoms with Crippen LogP contribution in [-0.2, 0) is 0 Å². The molecule has 0 bridgehead atoms. The van der Waals surface area contributed by atoms with E-state index in [-0.39, 0.29) is 11.7 Å². The van der Waals surface area contributed by atoms with Gasteiger partial charge in [-0.15, -0.1) is 0 Å². The molecular weight excluding hydrogens is 250 g/mol. The minimum atomic E-state index is -0.169. The highest BCUT2D eigenvalue weighted by Gasteiger charge is 2.11. The van der Waals surface area contributed by atoms with E-state index in [0.717, 1.165) is 21.5 Å². The Labute approximate surface area is 116 Å². The molecule has 0 saturated carbocycles. The maximum absolute atomic E-state index is 12.0. The number of hydrogen-bond donors (Lipinski definition) is 2. The smallest absolute Gasteiger partial charge is 0.251 e. The summed E-state index contributed by atoms with van der Waals surface area (Å²) < 4.78 is 0. The minimum absolute atomic E-state index is 0.134. The second-order valence-corrected chi connectivity index (χ2v) is 4.74. The molecule has 0 spiro atoms. The highest BCUT2D eigenvalue weighted by atomic mass is 16.3. The van der Waals surface area contributed by atoms with Gasteiger partial charge >= 0.3 is 0 Å². The van der Waals surface area contributed by atoms with Crippen molar-refractivity contribution in [2.75, 3.05) is 6.54 Å². The van der Waals surface area contributed by atoms with Crippen molar-refractivity contribution >= 4 is 27.5 Å². The third-order valence-corrected chi connectivity index (χ3v) is 3.44. The fraction of sp³-hybridized carbons (Fsp3) is 0.118. The van der Waals surface area contributed by atoms with E-state index in [9.17, 15) is 9.90 Å². The van der Waals surface area contributed by atoms with Gasteiger partial charge in [-0.1, -0.05) is 36.4 Å². The number of fused-ring (bicyclic) bond motifs is 3. The van der Waals surface area contributed by atoms with Gasteiger partial charge in [0.2, 0.25) is 0 Å². The van der Waals surface area contributed by atoms with Crippen molar-refractivity contribution in [1.29, 1.82) is 0 Å². The number of nitrogens with one attached hydrogen (secondary N) is 1. The molecule has 20 heavy (non-hydrogen) atoms. The first-order valence-corrected chi connectivity index (χ1v) is 6.63. The fourth-order valence-corrected chi connectivity index (χ4v) is 2.49. The first-order valence-electron chi connectivity index (χ1n) is 6.63. The number of aromatic hydroxyl groups is 1. The second-order valence-electron chi connectivity index (χ2n) is 4.74. The lowest BCUT2D eigenvalue weighted by Crippen LogP contribution is -2.22. The first-order chi connectivity index (χ1) is 9.70. The van der Waals surface area contributed by atoms with Crippen LogP contribution in [0.25, 0.3) is 21.5 Å². The maximum atomic E-state index is 12.0. The van der Waals surface area contributed by atoms with E-state index in [1.807, 2.05) is 49.4 Å². The molecule has 0 fully saturated rings. The van der Waals surface area contributed by atoms with E-state index >= 15 is 0 Å². The van der Waals surface area contributed by atoms with E-state index in [1.165, 1.54) is 6.07 Å². The highest BCUT2D eigenvalue weighted by Crippen LogP contribution is 2.32. The van der Waals surface area contributed by atoms with Crippen molar-refractivity contribution in [2.45, 2.75) is 6.92 Å². The minimum Gasteiger partial charge on any atom is -0.507 e. The third kappa shape index (κ3) is 1.97. The molecule has 3 aromatic carbocycles. The summed E-state index contributed by atoms with van der Waals surface area (Å²) in [6, 6.07) is 15.2. The largest absolute Gasteiger partial charge is 0.507 e. The Hall–Kier alpha value is -2.55. The lowest BCUT2D eigenvalue weighted by Gasteiger charge is -2.09. The standard InChI is InChI=1S/C17H15NO2/c1-2-18-17(20)12-9-15-13-6-4-3-5-11(13)7-8-14(15)16(19)10-12/h3-10,19H,2H2,1H3,(H,18,20). The molecule has 0 saturated heterocycles. The van der Waals surface area contributed by atoms with Crippen LogP contribution in [0, 0.1) is 0 Å². The van der Waals surface area contributed by atoms with E-state index in [4.69, 9.17) is 0 Å². The molecule has 2 N–H and O–H groups in total. The van der Waals surface area contributed by atoms with Gasteiger partial charge in [0.25, 0.3) is 5.91 Å². The Bertz CT molecular complexity index is 809. The lowest BCUT2D eigenvalue weighted by molar-refractivity contribution is 0.0955. The molecule has 3 heteroatoms. The zero-order valence-corrected chi connectivity index (χ0v) is 11.2. The normalized spacial score (nSPS) is 10.8. The van der Waals surface area contributed by atoms with Crippen LogP contribution in [0.2, 0.25) is 0 Å². The Morgan fingerprint density at radius 1 is 1.05 bits per heavy atom. The second kappa shape index (κ2) is 4.85. The molecule has 0 aliphatic carbocycles. The maximum Gasteiger partial charge on any atom is 0.251 e. The van der Waals surface area contributed by atoms with Crippen LogP contribution in [0.3, 0.4) is 0 Å². The molecule has 0 heterocycles. The van der Waals surface area contributed by atoms with Gasteiger partial charge in [-0.05, 0) is 35.2 Å². The summed E-state index contributed by atoms with van der Waals surface area (Å²) in [4.78, 5) is 12.0. The van der Waals surface area contributed by atoms with Gasteiger partial charge in [0, 0.05) is 17.5 Å². The number of carbonyl (C=O) groups is 1. The number of benzene rings is 3. The van der Waals surface area contributed by atoms with Gasteiger partial charge in [-0.2, -0.15) is 0 Å². The Kier molecular flexibility index (Phi) is 3.03. The molecule has 3 aromatic rings. The van der Waals surface area contributed by atoms with Crippen LogP contribution < -0.4 is 5.32 Å². The SMILES string of the molecule is CCNC(=O)c1cc(O)c2ccc3ccccc3c2c1. The third-order valence-electron chi connectivity index (χ3n) is 3.44. The number of carbonyl (C=O) groups excluding carboxylic acids is 1. The Balaban J connectivity index is 2.32. The van der Waals surface area contributed by atoms with Crippen LogP contribution in [0.5, 0.6) is 5.75 Å². The molecular formula is C17H15NO2. The predicted molar refractivity (Wildman–Crippen MR) is 81.1 cm³/mol. The molecule has 0 aliphatic heterocycles. The highest BCUT2D eigenvalue weighted by molar-refractivity contribution is 6.12. The Morgan fingerprint density at radius 3 is 2.65 bits per heavy atom. The molecule has 3 nitrogen and oxygen atoms in total. The number of amides is 1. The van der Waals surface area contributed by atoms with Crippen molar-refractivity contribution in [3.8, 4) is 5.75 Å². The zero-order chi connectivity index (χ0) is 14.1. The number of hydrogen-bond acceptors (Lipinski definition) is 2. The van der Waals surface area contributed by atoms with Crippen LogP contribution in [0.4, 0.5) is 0 Å². The van der Waals surface area contributed by atoms with E-state index in [2.05, 4.69) is 5.32 Å². The summed E-state index contributed by atoms with van der Waals surface area (Å²) >= 11 is 0. The van der Waals surface area contributed by atoms with Crippen molar-refractivity contribution in [3.63, 3.8) is 0 Å². The lowest BCUT2D eigenvalue weighted by atomic mass is 9.99. The summed E-state index contributed by atoms with van der Waals surface area (Å²) in [5.41, 5.74) is 0.480. The van der Waals surface area contributed by atoms with Gasteiger partial charge in [0.1, 0.15) is 5.75 Å². The molecule has 1 amide bonds. The topological polar surface area (TPSA) is 49.3 Å². The summed E-state index contributed by atoms with van der Waals surface area (Å²) in [6.45, 7) is 2.43. The molecule has 0 aromatic heterocycles. The average molecular weight is 265 g/mol. The zero-order valence-electron chi connectivity index (χ0n) is 11.2. The van der Waals surface area contributed by atoms with Gasteiger partial charge in [0.15, 0.2) is 0 Å². The number of phenols is 1. The molecule has 0 atom stereocenters. The predicted octanol–water partition coefficient (Wildman–Crippen LogP) is 3.45. The van der Waals surface area contributed by atoms with Gasteiger partial charge in [0.05, 0.1) is 0 Å². The van der Waals surface area contributed by atoms with Crippen molar-refractivity contribution in [2.24, 2.45) is 0 Å². The molecule has 0 radical (unpaired) electrons. The summed E-state index contributed by atoms with van der Waals surface area (Å²) in [7, 11) is 0. The number of rotatable bonds is 2. The van der Waals surface area contributed by atoms with Crippen LogP contribution in [-0.4, -0.2) is 17.6 Å². The summed E-state index contributed by atoms with van der Waals surface area (Å²) in [5, 5.41) is 16.7. The van der Waals surface area contributed by atoms with Crippen LogP contribution in [0.1, 0.15) is 17.3 Å². The molecule has 3 rings (SSSR count). The van der Waals surface area contributed by atoms with Crippen molar-refractivity contribution in [3.05, 3.63) is 54.1 Å². The number of phenolic OH excluding ortho intramolecular Hbond substituents is 1. The average Bonchev–Trinajstić information content (AvgIpc) is 2.47. The molecule has 0 aliphatic rings. The van der Waals surface area contributed by atoms with Crippen LogP contribution in [0.15, 0.2) is 48.5 Å². The van der Waals surface area contributed by atoms with E-state index < -0.39 is 0 Å². The van der Waals surface area contributed by atoms with Crippen LogP contribution >= 0.6 is 0 Å². The van der Waals surface area contributed by atoms with Gasteiger partial charge in [-0.3, -0.25) is 4.79 Å². The quantitative estimate of drug-likeness (QED) is 0.697. The first kappa shape index (κ1) is 12.5. The molecule has 0 unspecified atom stereocenters. The monoisotopic (exact) mass is 265 g/mol. The van der Waals surface area contributed by atoms with E-state index in [1.54, 1.807) is 0 Å². The van der Waals surface area contributed by atoms with Crippen molar-refractivity contribution < 1.29 is 9.90 Å². The van der Waals surface area contributed by atoms with Gasteiger partial charge < -0.3 is 10.4 Å².